The SMILES string of the molecule is COCCn1cnc2cc(N3CCN(c4nc(C)nc5c4CCC5)CC3)ccc2c1=O. The number of ether oxygens (including phenoxy) is 1. The van der Waals surface area contributed by atoms with E-state index in [1.54, 1.807) is 18.0 Å². The quantitative estimate of drug-likeness (QED) is 0.624. The maximum Gasteiger partial charge on any atom is 0.261 e. The van der Waals surface area contributed by atoms with Gasteiger partial charge in [-0.1, -0.05) is 0 Å². The molecule has 0 amide bonds. The number of methoxy groups -OCH3 is 1. The van der Waals surface area contributed by atoms with E-state index in [1.165, 1.54) is 17.7 Å². The second-order valence-corrected chi connectivity index (χ2v) is 8.28. The summed E-state index contributed by atoms with van der Waals surface area (Å²) in [5.41, 5.74) is 4.41. The van der Waals surface area contributed by atoms with E-state index in [-0.39, 0.29) is 5.56 Å². The number of aryl methyl sites for hydroxylation is 2. The van der Waals surface area contributed by atoms with Gasteiger partial charge in [-0.2, -0.15) is 0 Å². The summed E-state index contributed by atoms with van der Waals surface area (Å²) in [6.07, 6.45) is 4.95. The van der Waals surface area contributed by atoms with Crippen LogP contribution in [0.2, 0.25) is 0 Å². The minimum atomic E-state index is -0.0218. The van der Waals surface area contributed by atoms with E-state index >= 15 is 0 Å². The molecule has 0 radical (unpaired) electrons. The highest BCUT2D eigenvalue weighted by molar-refractivity contribution is 5.81. The van der Waals surface area contributed by atoms with E-state index in [0.29, 0.717) is 18.5 Å². The van der Waals surface area contributed by atoms with Crippen LogP contribution in [0.4, 0.5) is 11.5 Å². The fourth-order valence-electron chi connectivity index (χ4n) is 4.66. The van der Waals surface area contributed by atoms with Crippen LogP contribution in [-0.2, 0) is 24.1 Å². The highest BCUT2D eigenvalue weighted by atomic mass is 16.5. The second kappa shape index (κ2) is 8.26. The molecule has 5 rings (SSSR count). The number of nitrogens with zero attached hydrogens (tertiary/aromatic N) is 6. The number of hydrogen-bond acceptors (Lipinski definition) is 7. The van der Waals surface area contributed by atoms with Crippen LogP contribution >= 0.6 is 0 Å². The number of fused-ring (bicyclic) bond motifs is 2. The van der Waals surface area contributed by atoms with Crippen molar-refractivity contribution in [2.45, 2.75) is 32.7 Å². The smallest absolute Gasteiger partial charge is 0.261 e. The Morgan fingerprint density at radius 3 is 2.68 bits per heavy atom. The summed E-state index contributed by atoms with van der Waals surface area (Å²) in [6, 6.07) is 5.96. The Labute approximate surface area is 181 Å². The van der Waals surface area contributed by atoms with Crippen molar-refractivity contribution in [3.63, 3.8) is 0 Å². The fourth-order valence-corrected chi connectivity index (χ4v) is 4.66. The molecule has 1 aromatic carbocycles. The molecule has 1 saturated heterocycles. The van der Waals surface area contributed by atoms with Crippen molar-refractivity contribution < 1.29 is 4.74 Å². The van der Waals surface area contributed by atoms with Crippen LogP contribution in [0.1, 0.15) is 23.5 Å². The number of aromatic nitrogens is 4. The minimum absolute atomic E-state index is 0.0218. The van der Waals surface area contributed by atoms with Gasteiger partial charge in [0.05, 0.1) is 30.4 Å². The Balaban J connectivity index is 1.33. The molecule has 2 aliphatic rings. The minimum Gasteiger partial charge on any atom is -0.383 e. The molecule has 1 fully saturated rings. The van der Waals surface area contributed by atoms with Crippen LogP contribution in [-0.4, -0.2) is 59.4 Å². The van der Waals surface area contributed by atoms with Crippen LogP contribution < -0.4 is 15.4 Å². The summed E-state index contributed by atoms with van der Waals surface area (Å²) in [6.45, 7) is 6.66. The Bertz CT molecular complexity index is 1170. The molecular formula is C23H28N6O2. The van der Waals surface area contributed by atoms with Gasteiger partial charge in [-0.05, 0) is 44.4 Å². The van der Waals surface area contributed by atoms with Crippen molar-refractivity contribution in [2.75, 3.05) is 49.7 Å². The molecule has 8 nitrogen and oxygen atoms in total. The zero-order chi connectivity index (χ0) is 21.4. The number of anilines is 2. The van der Waals surface area contributed by atoms with Crippen LogP contribution in [0.15, 0.2) is 29.3 Å². The zero-order valence-electron chi connectivity index (χ0n) is 18.2. The monoisotopic (exact) mass is 420 g/mol. The Hall–Kier alpha value is -3.00. The van der Waals surface area contributed by atoms with Crippen molar-refractivity contribution >= 4 is 22.4 Å². The highest BCUT2D eigenvalue weighted by Crippen LogP contribution is 2.30. The largest absolute Gasteiger partial charge is 0.383 e. The van der Waals surface area contributed by atoms with Crippen LogP contribution in [0.3, 0.4) is 0 Å². The van der Waals surface area contributed by atoms with Crippen LogP contribution in [0.5, 0.6) is 0 Å². The Kier molecular flexibility index (Phi) is 5.31. The summed E-state index contributed by atoms with van der Waals surface area (Å²) in [5.74, 6) is 2.01. The van der Waals surface area contributed by atoms with Crippen molar-refractivity contribution in [3.05, 3.63) is 52.0 Å². The van der Waals surface area contributed by atoms with E-state index in [9.17, 15) is 4.79 Å². The molecule has 0 saturated carbocycles. The van der Waals surface area contributed by atoms with Gasteiger partial charge in [-0.25, -0.2) is 15.0 Å². The van der Waals surface area contributed by atoms with E-state index in [1.807, 2.05) is 25.1 Å². The lowest BCUT2D eigenvalue weighted by atomic mass is 10.1. The molecule has 3 heterocycles. The first kappa shape index (κ1) is 19.9. The van der Waals surface area contributed by atoms with Gasteiger partial charge in [0.2, 0.25) is 0 Å². The van der Waals surface area contributed by atoms with Crippen molar-refractivity contribution in [1.29, 1.82) is 0 Å². The Morgan fingerprint density at radius 2 is 1.87 bits per heavy atom. The van der Waals surface area contributed by atoms with Gasteiger partial charge in [-0.15, -0.1) is 0 Å². The lowest BCUT2D eigenvalue weighted by molar-refractivity contribution is 0.186. The first-order valence-corrected chi connectivity index (χ1v) is 11.0. The number of benzene rings is 1. The number of hydrogen-bond donors (Lipinski definition) is 0. The van der Waals surface area contributed by atoms with Gasteiger partial charge >= 0.3 is 0 Å². The topological polar surface area (TPSA) is 76.4 Å². The lowest BCUT2D eigenvalue weighted by Gasteiger charge is -2.37. The molecule has 3 aromatic rings. The van der Waals surface area contributed by atoms with Crippen molar-refractivity contribution in [1.82, 2.24) is 19.5 Å². The molecule has 2 aromatic heterocycles. The van der Waals surface area contributed by atoms with Gasteiger partial charge in [0, 0.05) is 50.2 Å². The van der Waals surface area contributed by atoms with E-state index < -0.39 is 0 Å². The predicted molar refractivity (Wildman–Crippen MR) is 121 cm³/mol. The molecule has 162 valence electrons. The van der Waals surface area contributed by atoms with Gasteiger partial charge in [0.25, 0.3) is 5.56 Å². The van der Waals surface area contributed by atoms with Crippen LogP contribution in [0.25, 0.3) is 10.9 Å². The van der Waals surface area contributed by atoms with E-state index in [4.69, 9.17) is 9.72 Å². The molecule has 8 heteroatoms. The standard InChI is InChI=1S/C23H28N6O2/c1-16-25-20-5-3-4-18(20)22(26-16)28-10-8-27(9-11-28)17-6-7-19-21(14-17)24-15-29(23(19)30)12-13-31-2/h6-7,14-15H,3-5,8-13H2,1-2H3. The normalized spacial score (nSPS) is 16.2. The first-order chi connectivity index (χ1) is 15.1. The molecule has 1 aliphatic carbocycles. The third-order valence-corrected chi connectivity index (χ3v) is 6.31. The average molecular weight is 421 g/mol. The molecule has 0 bridgehead atoms. The fraction of sp³-hybridized carbons (Fsp3) is 0.478. The van der Waals surface area contributed by atoms with Gasteiger partial charge in [0.15, 0.2) is 0 Å². The second-order valence-electron chi connectivity index (χ2n) is 8.28. The third-order valence-electron chi connectivity index (χ3n) is 6.31. The van der Waals surface area contributed by atoms with Crippen molar-refractivity contribution in [2.24, 2.45) is 0 Å². The third kappa shape index (κ3) is 3.76. The molecule has 0 N–H and O–H groups in total. The molecular weight excluding hydrogens is 392 g/mol. The molecule has 0 spiro atoms. The van der Waals surface area contributed by atoms with Gasteiger partial charge < -0.3 is 14.5 Å². The van der Waals surface area contributed by atoms with Gasteiger partial charge in [-0.3, -0.25) is 9.36 Å². The molecule has 1 aliphatic heterocycles. The number of piperazine rings is 1. The zero-order valence-corrected chi connectivity index (χ0v) is 18.2. The maximum absolute atomic E-state index is 12.7. The molecule has 0 unspecified atom stereocenters. The summed E-state index contributed by atoms with van der Waals surface area (Å²) in [4.78, 5) is 31.4. The maximum atomic E-state index is 12.7. The summed E-state index contributed by atoms with van der Waals surface area (Å²) in [7, 11) is 1.63. The lowest BCUT2D eigenvalue weighted by Crippen LogP contribution is -2.47. The summed E-state index contributed by atoms with van der Waals surface area (Å²) < 4.78 is 6.68. The van der Waals surface area contributed by atoms with Crippen LogP contribution in [0, 0.1) is 6.92 Å². The highest BCUT2D eigenvalue weighted by Gasteiger charge is 2.25. The summed E-state index contributed by atoms with van der Waals surface area (Å²) in [5, 5.41) is 0.646. The average Bonchev–Trinajstić information content (AvgIpc) is 3.26. The molecule has 31 heavy (non-hydrogen) atoms. The van der Waals surface area contributed by atoms with Gasteiger partial charge in [0.1, 0.15) is 11.6 Å². The molecule has 0 atom stereocenters. The summed E-state index contributed by atoms with van der Waals surface area (Å²) >= 11 is 0. The predicted octanol–water partition coefficient (Wildman–Crippen LogP) is 1.96. The van der Waals surface area contributed by atoms with E-state index in [2.05, 4.69) is 19.8 Å². The van der Waals surface area contributed by atoms with E-state index in [0.717, 1.165) is 61.9 Å². The first-order valence-electron chi connectivity index (χ1n) is 11.0. The number of rotatable bonds is 5. The van der Waals surface area contributed by atoms with Crippen molar-refractivity contribution in [3.8, 4) is 0 Å². The Morgan fingerprint density at radius 1 is 1.06 bits per heavy atom.